The Labute approximate surface area is 181 Å². The van der Waals surface area contributed by atoms with E-state index in [2.05, 4.69) is 0 Å². The van der Waals surface area contributed by atoms with E-state index >= 15 is 0 Å². The van der Waals surface area contributed by atoms with Crippen molar-refractivity contribution in [2.45, 2.75) is 63.6 Å². The fourth-order valence-corrected chi connectivity index (χ4v) is 5.30. The Balaban J connectivity index is 0.000000535. The molecule has 0 amide bonds. The molecular formula is C25H29FO5. The van der Waals surface area contributed by atoms with Crippen molar-refractivity contribution in [1.29, 1.82) is 0 Å². The Morgan fingerprint density at radius 3 is 2.32 bits per heavy atom. The van der Waals surface area contributed by atoms with Crippen LogP contribution in [0.4, 0.5) is 9.18 Å². The van der Waals surface area contributed by atoms with Gasteiger partial charge in [-0.25, -0.2) is 9.18 Å². The third-order valence-electron chi connectivity index (χ3n) is 6.79. The van der Waals surface area contributed by atoms with Gasteiger partial charge in [-0.05, 0) is 79.7 Å². The summed E-state index contributed by atoms with van der Waals surface area (Å²) in [6.45, 7) is 0.461. The van der Waals surface area contributed by atoms with E-state index in [-0.39, 0.29) is 11.4 Å². The third kappa shape index (κ3) is 5.76. The van der Waals surface area contributed by atoms with Crippen molar-refractivity contribution in [1.82, 2.24) is 0 Å². The van der Waals surface area contributed by atoms with Gasteiger partial charge in [0.25, 0.3) is 0 Å². The van der Waals surface area contributed by atoms with Crippen molar-refractivity contribution in [2.24, 2.45) is 11.3 Å². The lowest BCUT2D eigenvalue weighted by Gasteiger charge is -2.28. The van der Waals surface area contributed by atoms with Gasteiger partial charge in [-0.1, -0.05) is 31.0 Å². The lowest BCUT2D eigenvalue weighted by molar-refractivity contribution is -0.0486. The summed E-state index contributed by atoms with van der Waals surface area (Å²) in [5.41, 5.74) is 1.42. The average Bonchev–Trinajstić information content (AvgIpc) is 3.35. The fraction of sp³-hybridized carbons (Fsp3) is 0.480. The second kappa shape index (κ2) is 8.87. The fourth-order valence-electron chi connectivity index (χ4n) is 5.30. The van der Waals surface area contributed by atoms with Crippen molar-refractivity contribution < 1.29 is 28.9 Å². The molecule has 0 atom stereocenters. The summed E-state index contributed by atoms with van der Waals surface area (Å²) < 4.78 is 26.3. The van der Waals surface area contributed by atoms with Crippen LogP contribution in [0, 0.1) is 17.2 Å². The minimum Gasteiger partial charge on any atom is -0.457 e. The number of fused-ring (bicyclic) bond motifs is 2. The Hall–Kier alpha value is -2.60. The van der Waals surface area contributed by atoms with Gasteiger partial charge in [0.15, 0.2) is 0 Å². The zero-order valence-electron chi connectivity index (χ0n) is 17.6. The van der Waals surface area contributed by atoms with Crippen LogP contribution >= 0.6 is 0 Å². The van der Waals surface area contributed by atoms with Gasteiger partial charge >= 0.3 is 6.16 Å². The van der Waals surface area contributed by atoms with Crippen LogP contribution in [0.15, 0.2) is 48.5 Å². The Kier molecular flexibility index (Phi) is 6.19. The summed E-state index contributed by atoms with van der Waals surface area (Å²) in [4.78, 5) is 8.56. The average molecular weight is 429 g/mol. The number of para-hydroxylation sites is 1. The molecule has 3 saturated carbocycles. The van der Waals surface area contributed by atoms with Gasteiger partial charge in [-0.3, -0.25) is 0 Å². The van der Waals surface area contributed by atoms with E-state index in [0.29, 0.717) is 23.5 Å². The molecule has 5 nitrogen and oxygen atoms in total. The Bertz CT molecular complexity index is 897. The van der Waals surface area contributed by atoms with Crippen LogP contribution < -0.4 is 4.74 Å². The first-order valence-electron chi connectivity index (χ1n) is 10.9. The zero-order valence-corrected chi connectivity index (χ0v) is 17.6. The molecule has 0 saturated heterocycles. The summed E-state index contributed by atoms with van der Waals surface area (Å²) in [5.74, 6) is 1.95. The molecule has 0 unspecified atom stereocenters. The number of rotatable bonds is 7. The number of carbonyl (C=O) groups is 1. The van der Waals surface area contributed by atoms with E-state index in [1.54, 1.807) is 6.07 Å². The van der Waals surface area contributed by atoms with Gasteiger partial charge < -0.3 is 19.7 Å². The van der Waals surface area contributed by atoms with Gasteiger partial charge in [0.05, 0.1) is 12.2 Å². The molecule has 0 aromatic heterocycles. The predicted octanol–water partition coefficient (Wildman–Crippen LogP) is 6.86. The molecule has 2 aromatic rings. The Morgan fingerprint density at radius 1 is 1.00 bits per heavy atom. The summed E-state index contributed by atoms with van der Waals surface area (Å²) in [5, 5.41) is 13.9. The molecule has 2 N–H and O–H groups in total. The van der Waals surface area contributed by atoms with Crippen LogP contribution in [-0.4, -0.2) is 22.0 Å². The van der Waals surface area contributed by atoms with Crippen LogP contribution in [0.3, 0.4) is 0 Å². The highest BCUT2D eigenvalue weighted by Crippen LogP contribution is 2.62. The minimum atomic E-state index is -1.83. The van der Waals surface area contributed by atoms with Crippen molar-refractivity contribution >= 4 is 6.16 Å². The maximum atomic E-state index is 14.1. The van der Waals surface area contributed by atoms with Crippen molar-refractivity contribution in [3.8, 4) is 11.5 Å². The molecule has 0 spiro atoms. The first kappa shape index (κ1) is 21.6. The van der Waals surface area contributed by atoms with E-state index in [0.717, 1.165) is 11.5 Å². The van der Waals surface area contributed by atoms with E-state index in [9.17, 15) is 4.39 Å². The molecule has 0 radical (unpaired) electrons. The van der Waals surface area contributed by atoms with Crippen molar-refractivity contribution in [3.05, 3.63) is 59.9 Å². The van der Waals surface area contributed by atoms with E-state index < -0.39 is 6.16 Å². The quantitative estimate of drug-likeness (QED) is 0.504. The lowest BCUT2D eigenvalue weighted by atomic mass is 9.79. The number of hydrogen-bond acceptors (Lipinski definition) is 3. The highest BCUT2D eigenvalue weighted by atomic mass is 19.1. The van der Waals surface area contributed by atoms with E-state index in [1.165, 1.54) is 57.4 Å². The van der Waals surface area contributed by atoms with Crippen molar-refractivity contribution in [3.63, 3.8) is 0 Å². The summed E-state index contributed by atoms with van der Waals surface area (Å²) in [7, 11) is 0. The standard InChI is InChI=1S/C24H27FO2.CH2O3/c25-20-12-19(13-22(14-20)27-21-4-2-1-3-5-21)16-26-24-10-8-23(17-24,9-11-24)15-18-6-7-18;2-1(3)4/h1-5,12-14,18H,6-11,15-17H2;(H2,2,3,4). The highest BCUT2D eigenvalue weighted by molar-refractivity contribution is 5.53. The maximum absolute atomic E-state index is 14.1. The molecule has 3 aliphatic rings. The molecule has 2 bridgehead atoms. The van der Waals surface area contributed by atoms with Crippen LogP contribution in [0.5, 0.6) is 11.5 Å². The molecule has 0 heterocycles. The largest absolute Gasteiger partial charge is 0.503 e. The van der Waals surface area contributed by atoms with Gasteiger partial charge in [-0.2, -0.15) is 0 Å². The van der Waals surface area contributed by atoms with Crippen LogP contribution in [0.2, 0.25) is 0 Å². The molecular weight excluding hydrogens is 399 g/mol. The number of carboxylic acid groups (broad SMARTS) is 2. The van der Waals surface area contributed by atoms with Gasteiger partial charge in [0, 0.05) is 6.07 Å². The smallest absolute Gasteiger partial charge is 0.457 e. The highest BCUT2D eigenvalue weighted by Gasteiger charge is 2.55. The van der Waals surface area contributed by atoms with Crippen LogP contribution in [0.25, 0.3) is 0 Å². The number of halogens is 1. The predicted molar refractivity (Wildman–Crippen MR) is 114 cm³/mol. The topological polar surface area (TPSA) is 76.0 Å². The molecule has 3 fully saturated rings. The zero-order chi connectivity index (χ0) is 21.9. The van der Waals surface area contributed by atoms with Crippen LogP contribution in [-0.2, 0) is 11.3 Å². The molecule has 5 rings (SSSR count). The minimum absolute atomic E-state index is 0.0294. The molecule has 3 aliphatic carbocycles. The van der Waals surface area contributed by atoms with Crippen LogP contribution in [0.1, 0.15) is 56.9 Å². The second-order valence-electron chi connectivity index (χ2n) is 9.29. The summed E-state index contributed by atoms with van der Waals surface area (Å²) in [6.07, 6.45) is 8.62. The normalized spacial score (nSPS) is 26.2. The molecule has 6 heteroatoms. The Morgan fingerprint density at radius 2 is 1.68 bits per heavy atom. The van der Waals surface area contributed by atoms with Crippen molar-refractivity contribution in [2.75, 3.05) is 0 Å². The monoisotopic (exact) mass is 428 g/mol. The molecule has 0 aliphatic heterocycles. The second-order valence-corrected chi connectivity index (χ2v) is 9.29. The maximum Gasteiger partial charge on any atom is 0.503 e. The number of benzene rings is 2. The first-order chi connectivity index (χ1) is 14.9. The van der Waals surface area contributed by atoms with E-state index in [4.69, 9.17) is 24.5 Å². The summed E-state index contributed by atoms with van der Waals surface area (Å²) >= 11 is 0. The number of hydrogen-bond donors (Lipinski definition) is 2. The summed E-state index contributed by atoms with van der Waals surface area (Å²) in [6, 6.07) is 14.4. The molecule has 31 heavy (non-hydrogen) atoms. The van der Waals surface area contributed by atoms with Gasteiger partial charge in [-0.15, -0.1) is 0 Å². The third-order valence-corrected chi connectivity index (χ3v) is 6.79. The number of ether oxygens (including phenoxy) is 2. The SMILES string of the molecule is Fc1cc(COC23CCC(CC4CC4)(CC2)C3)cc(Oc2ccccc2)c1.O=C(O)O. The first-order valence-corrected chi connectivity index (χ1v) is 10.9. The molecule has 166 valence electrons. The lowest BCUT2D eigenvalue weighted by Crippen LogP contribution is -2.26. The van der Waals surface area contributed by atoms with Gasteiger partial charge in [0.1, 0.15) is 17.3 Å². The van der Waals surface area contributed by atoms with Gasteiger partial charge in [0.2, 0.25) is 0 Å². The molecule has 2 aromatic carbocycles. The van der Waals surface area contributed by atoms with E-state index in [1.807, 2.05) is 36.4 Å².